The molecule has 1 aliphatic rings. The van der Waals surface area contributed by atoms with Gasteiger partial charge in [0, 0.05) is 24.4 Å². The molecule has 0 aliphatic carbocycles. The fourth-order valence-corrected chi connectivity index (χ4v) is 1.59. The van der Waals surface area contributed by atoms with Crippen LogP contribution in [0.2, 0.25) is 0 Å². The monoisotopic (exact) mass is 152 g/mol. The molecule has 2 rings (SSSR count). The van der Waals surface area contributed by atoms with Gasteiger partial charge in [-0.3, -0.25) is 0 Å². The maximum atomic E-state index is 3.17. The van der Waals surface area contributed by atoms with Gasteiger partial charge >= 0.3 is 0 Å². The molecule has 1 aromatic rings. The average molecular weight is 152 g/mol. The number of fused-ring (bicyclic) bond motifs is 1. The zero-order valence-corrected chi connectivity index (χ0v) is 6.24. The van der Waals surface area contributed by atoms with Gasteiger partial charge in [0.2, 0.25) is 0 Å². The lowest BCUT2D eigenvalue weighted by Gasteiger charge is -2.16. The van der Waals surface area contributed by atoms with Gasteiger partial charge in [-0.1, -0.05) is 18.2 Å². The van der Waals surface area contributed by atoms with Crippen molar-refractivity contribution in [3.05, 3.63) is 29.8 Å². The topological polar surface area (TPSA) is 24.1 Å². The Labute approximate surface area is 64.3 Å². The first-order valence-electron chi connectivity index (χ1n) is 3.19. The minimum atomic E-state index is 0.952. The van der Waals surface area contributed by atoms with Crippen molar-refractivity contribution in [2.45, 2.75) is 6.54 Å². The van der Waals surface area contributed by atoms with E-state index in [1.54, 1.807) is 0 Å². The first kappa shape index (κ1) is 6.07. The number of nitrogens with one attached hydrogen (secondary N) is 2. The van der Waals surface area contributed by atoms with E-state index in [2.05, 4.69) is 27.6 Å². The molecule has 1 aliphatic heterocycles. The van der Waals surface area contributed by atoms with Gasteiger partial charge in [-0.2, -0.15) is 0 Å². The van der Waals surface area contributed by atoms with E-state index in [4.69, 9.17) is 0 Å². The Kier molecular flexibility index (Phi) is 1.53. The summed E-state index contributed by atoms with van der Waals surface area (Å²) in [6, 6.07) is 8.30. The Morgan fingerprint density at radius 3 is 3.10 bits per heavy atom. The summed E-state index contributed by atoms with van der Waals surface area (Å²) in [5, 5.41) is 0. The number of benzene rings is 1. The summed E-state index contributed by atoms with van der Waals surface area (Å²) in [7, 11) is 0. The molecule has 0 saturated heterocycles. The lowest BCUT2D eigenvalue weighted by Crippen LogP contribution is -2.13. The van der Waals surface area contributed by atoms with Gasteiger partial charge in [-0.15, -0.1) is 0 Å². The van der Waals surface area contributed by atoms with E-state index in [0.717, 1.165) is 6.54 Å². The van der Waals surface area contributed by atoms with Gasteiger partial charge in [0.1, 0.15) is 0 Å². The number of anilines is 1. The normalized spacial score (nSPS) is 15.6. The van der Waals surface area contributed by atoms with Crippen LogP contribution >= 0.6 is 12.1 Å². The zero-order valence-electron chi connectivity index (χ0n) is 5.42. The summed E-state index contributed by atoms with van der Waals surface area (Å²) in [6.45, 7) is 0.952. The van der Waals surface area contributed by atoms with Crippen LogP contribution in [0.1, 0.15) is 5.56 Å². The van der Waals surface area contributed by atoms with Gasteiger partial charge in [-0.25, -0.2) is 4.72 Å². The van der Waals surface area contributed by atoms with Crippen LogP contribution in [0.25, 0.3) is 0 Å². The molecule has 2 N–H and O–H groups in total. The van der Waals surface area contributed by atoms with E-state index in [1.165, 1.54) is 23.4 Å². The van der Waals surface area contributed by atoms with Crippen LogP contribution in [0.3, 0.4) is 0 Å². The van der Waals surface area contributed by atoms with Crippen molar-refractivity contribution in [2.24, 2.45) is 0 Å². The second-order valence-corrected chi connectivity index (χ2v) is 2.88. The highest BCUT2D eigenvalue weighted by Gasteiger charge is 2.04. The largest absolute Gasteiger partial charge is 0.317 e. The predicted octanol–water partition coefficient (Wildman–Crippen LogP) is 1.76. The Morgan fingerprint density at radius 2 is 2.20 bits per heavy atom. The zero-order chi connectivity index (χ0) is 6.81. The van der Waals surface area contributed by atoms with Gasteiger partial charge in [0.05, 0.1) is 0 Å². The Balaban J connectivity index is 2.41. The highest BCUT2D eigenvalue weighted by Crippen LogP contribution is 2.21. The predicted molar refractivity (Wildman–Crippen MR) is 44.5 cm³/mol. The van der Waals surface area contributed by atoms with Crippen molar-refractivity contribution in [1.82, 2.24) is 4.72 Å². The Morgan fingerprint density at radius 1 is 1.30 bits per heavy atom. The first-order valence-corrected chi connectivity index (χ1v) is 4.01. The van der Waals surface area contributed by atoms with Gasteiger partial charge in [-0.05, 0) is 11.6 Å². The molecule has 3 heteroatoms. The van der Waals surface area contributed by atoms with Crippen molar-refractivity contribution in [3.8, 4) is 0 Å². The van der Waals surface area contributed by atoms with Gasteiger partial charge < -0.3 is 4.72 Å². The van der Waals surface area contributed by atoms with Gasteiger partial charge in [0.15, 0.2) is 0 Å². The standard InChI is InChI=1S/C7H8N2S/c1-2-4-7-6(3-1)5-8-10-9-7/h1-4,8-9H,5H2. The third kappa shape index (κ3) is 0.978. The maximum absolute atomic E-state index is 3.17. The maximum Gasteiger partial charge on any atom is 0.0497 e. The molecule has 0 atom stereocenters. The minimum Gasteiger partial charge on any atom is -0.317 e. The lowest BCUT2D eigenvalue weighted by molar-refractivity contribution is 0.970. The summed E-state index contributed by atoms with van der Waals surface area (Å²) in [4.78, 5) is 0. The lowest BCUT2D eigenvalue weighted by atomic mass is 10.2. The fourth-order valence-electron chi connectivity index (χ4n) is 0.979. The molecule has 0 bridgehead atoms. The molecule has 0 aromatic heterocycles. The van der Waals surface area contributed by atoms with E-state index in [-0.39, 0.29) is 0 Å². The molecule has 1 heterocycles. The van der Waals surface area contributed by atoms with Crippen molar-refractivity contribution in [2.75, 3.05) is 4.72 Å². The average Bonchev–Trinajstić information content (AvgIpc) is 2.05. The van der Waals surface area contributed by atoms with E-state index in [1.807, 2.05) is 6.07 Å². The van der Waals surface area contributed by atoms with Gasteiger partial charge in [0.25, 0.3) is 0 Å². The molecule has 10 heavy (non-hydrogen) atoms. The second-order valence-electron chi connectivity index (χ2n) is 2.18. The minimum absolute atomic E-state index is 0.952. The van der Waals surface area contributed by atoms with Crippen LogP contribution in [0, 0.1) is 0 Å². The summed E-state index contributed by atoms with van der Waals surface area (Å²) in [6.07, 6.45) is 0. The molecule has 1 aromatic carbocycles. The molecule has 0 radical (unpaired) electrons. The quantitative estimate of drug-likeness (QED) is 0.554. The van der Waals surface area contributed by atoms with Crippen LogP contribution in [0.4, 0.5) is 5.69 Å². The third-order valence-corrected chi connectivity index (χ3v) is 2.12. The van der Waals surface area contributed by atoms with Crippen molar-refractivity contribution >= 4 is 17.8 Å². The molecular weight excluding hydrogens is 144 g/mol. The van der Waals surface area contributed by atoms with Crippen molar-refractivity contribution in [3.63, 3.8) is 0 Å². The summed E-state index contributed by atoms with van der Waals surface area (Å²) in [5.74, 6) is 0. The molecule has 52 valence electrons. The molecule has 0 spiro atoms. The second kappa shape index (κ2) is 2.52. The molecular formula is C7H8N2S. The highest BCUT2D eigenvalue weighted by atomic mass is 32.2. The van der Waals surface area contributed by atoms with E-state index in [9.17, 15) is 0 Å². The molecule has 0 unspecified atom stereocenters. The summed E-state index contributed by atoms with van der Waals surface area (Å²) < 4.78 is 6.31. The number of rotatable bonds is 0. The first-order chi connectivity index (χ1) is 4.97. The van der Waals surface area contributed by atoms with E-state index < -0.39 is 0 Å². The van der Waals surface area contributed by atoms with E-state index in [0.29, 0.717) is 0 Å². The van der Waals surface area contributed by atoms with Crippen LogP contribution in [0.5, 0.6) is 0 Å². The summed E-state index contributed by atoms with van der Waals surface area (Å²) in [5.41, 5.74) is 2.56. The molecule has 0 saturated carbocycles. The van der Waals surface area contributed by atoms with E-state index >= 15 is 0 Å². The van der Waals surface area contributed by atoms with Crippen LogP contribution in [-0.2, 0) is 6.54 Å². The molecule has 2 nitrogen and oxygen atoms in total. The van der Waals surface area contributed by atoms with Crippen LogP contribution < -0.4 is 9.44 Å². The van der Waals surface area contributed by atoms with Crippen LogP contribution in [0.15, 0.2) is 24.3 Å². The van der Waals surface area contributed by atoms with Crippen molar-refractivity contribution in [1.29, 1.82) is 0 Å². The smallest absolute Gasteiger partial charge is 0.0497 e. The third-order valence-electron chi connectivity index (χ3n) is 1.51. The molecule has 0 amide bonds. The van der Waals surface area contributed by atoms with Crippen molar-refractivity contribution < 1.29 is 0 Å². The SMILES string of the molecule is c1ccc2c(c1)CNSN2. The Hall–Kier alpha value is -0.670. The number of hydrogen-bond donors (Lipinski definition) is 2. The highest BCUT2D eigenvalue weighted by molar-refractivity contribution is 7.98. The Bertz CT molecular complexity index is 212. The summed E-state index contributed by atoms with van der Waals surface area (Å²) >= 11 is 1.54. The fraction of sp³-hybridized carbons (Fsp3) is 0.143. The number of para-hydroxylation sites is 1. The molecule has 0 fully saturated rings. The number of hydrogen-bond acceptors (Lipinski definition) is 3. The van der Waals surface area contributed by atoms with Crippen LogP contribution in [-0.4, -0.2) is 0 Å².